The van der Waals surface area contributed by atoms with Crippen LogP contribution in [0.1, 0.15) is 44.9 Å². The summed E-state index contributed by atoms with van der Waals surface area (Å²) in [4.78, 5) is 11.5. The number of ether oxygens (including phenoxy) is 1. The quantitative estimate of drug-likeness (QED) is 0.474. The highest BCUT2D eigenvalue weighted by Crippen LogP contribution is 2.43. The highest BCUT2D eigenvalue weighted by Gasteiger charge is 2.73. The van der Waals surface area contributed by atoms with Crippen molar-refractivity contribution >= 4 is 16.1 Å². The van der Waals surface area contributed by atoms with Crippen LogP contribution in [0.3, 0.4) is 0 Å². The number of alkyl halides is 4. The molecule has 23 heavy (non-hydrogen) atoms. The van der Waals surface area contributed by atoms with Gasteiger partial charge in [0.05, 0.1) is 0 Å². The van der Waals surface area contributed by atoms with Crippen LogP contribution in [0, 0.1) is 11.8 Å². The van der Waals surface area contributed by atoms with Crippen LogP contribution in [-0.2, 0) is 19.6 Å². The fourth-order valence-electron chi connectivity index (χ4n) is 3.53. The van der Waals surface area contributed by atoms with Gasteiger partial charge in [0.15, 0.2) is 0 Å². The van der Waals surface area contributed by atoms with Gasteiger partial charge in [-0.25, -0.2) is 9.18 Å². The van der Waals surface area contributed by atoms with Crippen molar-refractivity contribution in [2.45, 2.75) is 62.2 Å². The Morgan fingerprint density at radius 1 is 1.00 bits per heavy atom. The molecule has 2 fully saturated rings. The van der Waals surface area contributed by atoms with E-state index >= 15 is 0 Å². The number of hydrogen-bond acceptors (Lipinski definition) is 4. The van der Waals surface area contributed by atoms with E-state index in [1.807, 2.05) is 0 Å². The van der Waals surface area contributed by atoms with E-state index in [4.69, 9.17) is 4.55 Å². The summed E-state index contributed by atoms with van der Waals surface area (Å²) in [7, 11) is -6.36. The first kappa shape index (κ1) is 18.4. The Morgan fingerprint density at radius 3 is 2.09 bits per heavy atom. The standard InChI is InChI=1S/C13H18F4O5S/c14-12(13(15,16)17,23(19,20)21)11(18)22-10-6-5-8-3-1-2-4-9(8)7-10/h8-10H,1-7H2,(H,19,20,21). The van der Waals surface area contributed by atoms with Gasteiger partial charge in [0.2, 0.25) is 0 Å². The van der Waals surface area contributed by atoms with E-state index in [0.717, 1.165) is 25.7 Å². The number of fused-ring (bicyclic) bond motifs is 1. The lowest BCUT2D eigenvalue weighted by Crippen LogP contribution is -2.55. The first-order valence-electron chi connectivity index (χ1n) is 7.40. The molecule has 1 N–H and O–H groups in total. The topological polar surface area (TPSA) is 80.7 Å². The maximum atomic E-state index is 13.8. The van der Waals surface area contributed by atoms with Crippen molar-refractivity contribution in [1.82, 2.24) is 0 Å². The number of hydrogen-bond donors (Lipinski definition) is 1. The van der Waals surface area contributed by atoms with Gasteiger partial charge in [-0.1, -0.05) is 25.7 Å². The minimum absolute atomic E-state index is 0.181. The summed E-state index contributed by atoms with van der Waals surface area (Å²) in [5.74, 6) is -2.02. The molecule has 2 saturated carbocycles. The highest BCUT2D eigenvalue weighted by atomic mass is 32.2. The Labute approximate surface area is 131 Å². The second kappa shape index (κ2) is 6.19. The van der Waals surface area contributed by atoms with Crippen molar-refractivity contribution in [1.29, 1.82) is 0 Å². The minimum atomic E-state index is -6.36. The first-order chi connectivity index (χ1) is 10.5. The van der Waals surface area contributed by atoms with Crippen LogP contribution in [-0.4, -0.2) is 36.2 Å². The molecule has 0 spiro atoms. The Kier molecular flexibility index (Phi) is 4.97. The van der Waals surface area contributed by atoms with Gasteiger partial charge in [-0.15, -0.1) is 0 Å². The third-order valence-corrected chi connectivity index (χ3v) is 5.86. The summed E-state index contributed by atoms with van der Waals surface area (Å²) in [6, 6.07) is 0. The maximum absolute atomic E-state index is 13.8. The van der Waals surface area contributed by atoms with E-state index in [-0.39, 0.29) is 18.8 Å². The molecule has 4 unspecified atom stereocenters. The zero-order chi connectivity index (χ0) is 17.5. The summed E-state index contributed by atoms with van der Waals surface area (Å²) >= 11 is 0. The van der Waals surface area contributed by atoms with Crippen LogP contribution in [0.2, 0.25) is 0 Å². The molecule has 134 valence electrons. The summed E-state index contributed by atoms with van der Waals surface area (Å²) in [6.45, 7) is 0. The summed E-state index contributed by atoms with van der Waals surface area (Å²) < 4.78 is 86.4. The average Bonchev–Trinajstić information content (AvgIpc) is 2.43. The summed E-state index contributed by atoms with van der Waals surface area (Å²) in [5.41, 5.74) is 0. The third-order valence-electron chi connectivity index (χ3n) is 4.75. The van der Waals surface area contributed by atoms with E-state index in [0.29, 0.717) is 12.3 Å². The normalized spacial score (nSPS) is 31.8. The molecule has 2 aliphatic carbocycles. The molecule has 0 aliphatic heterocycles. The molecule has 0 aromatic carbocycles. The van der Waals surface area contributed by atoms with Gasteiger partial charge in [0.25, 0.3) is 0 Å². The zero-order valence-corrected chi connectivity index (χ0v) is 13.0. The Bertz CT molecular complexity index is 561. The highest BCUT2D eigenvalue weighted by molar-refractivity contribution is 7.88. The summed E-state index contributed by atoms with van der Waals surface area (Å²) in [5, 5.41) is -5.45. The fraction of sp³-hybridized carbons (Fsp3) is 0.923. The van der Waals surface area contributed by atoms with Gasteiger partial charge in [-0.2, -0.15) is 21.6 Å². The van der Waals surface area contributed by atoms with Gasteiger partial charge in [-0.3, -0.25) is 4.55 Å². The van der Waals surface area contributed by atoms with Crippen LogP contribution < -0.4 is 0 Å². The second-order valence-electron chi connectivity index (χ2n) is 6.21. The molecule has 2 aliphatic rings. The van der Waals surface area contributed by atoms with E-state index in [1.54, 1.807) is 0 Å². The molecule has 10 heteroatoms. The third kappa shape index (κ3) is 3.47. The molecule has 2 rings (SSSR count). The number of esters is 1. The predicted octanol–water partition coefficient (Wildman–Crippen LogP) is 3.00. The molecule has 0 aromatic heterocycles. The van der Waals surface area contributed by atoms with Crippen LogP contribution in [0.15, 0.2) is 0 Å². The SMILES string of the molecule is O=C(OC1CCC2CCCCC2C1)C(F)(C(F)(F)F)S(=O)(=O)O. The van der Waals surface area contributed by atoms with E-state index in [2.05, 4.69) is 4.74 Å². The molecule has 0 heterocycles. The molecule has 0 amide bonds. The number of carbonyl (C=O) groups excluding carboxylic acids is 1. The smallest absolute Gasteiger partial charge is 0.451 e. The van der Waals surface area contributed by atoms with Crippen LogP contribution in [0.5, 0.6) is 0 Å². The minimum Gasteiger partial charge on any atom is -0.459 e. The second-order valence-corrected chi connectivity index (χ2v) is 7.73. The monoisotopic (exact) mass is 362 g/mol. The molecule has 4 atom stereocenters. The number of carbonyl (C=O) groups is 1. The van der Waals surface area contributed by atoms with Crippen LogP contribution in [0.25, 0.3) is 0 Å². The molecule has 0 saturated heterocycles. The molecule has 0 radical (unpaired) electrons. The number of halogens is 4. The van der Waals surface area contributed by atoms with Gasteiger partial charge >= 0.3 is 27.3 Å². The van der Waals surface area contributed by atoms with Gasteiger partial charge in [-0.05, 0) is 31.1 Å². The first-order valence-corrected chi connectivity index (χ1v) is 8.84. The van der Waals surface area contributed by atoms with Crippen LogP contribution >= 0.6 is 0 Å². The molecular formula is C13H18F4O5S. The van der Waals surface area contributed by atoms with Crippen molar-refractivity contribution < 1.29 is 40.1 Å². The van der Waals surface area contributed by atoms with Gasteiger partial charge in [0.1, 0.15) is 6.10 Å². The average molecular weight is 362 g/mol. The zero-order valence-electron chi connectivity index (χ0n) is 12.2. The van der Waals surface area contributed by atoms with Crippen LogP contribution in [0.4, 0.5) is 17.6 Å². The largest absolute Gasteiger partial charge is 0.459 e. The van der Waals surface area contributed by atoms with E-state index in [1.165, 1.54) is 0 Å². The lowest BCUT2D eigenvalue weighted by Gasteiger charge is -2.39. The van der Waals surface area contributed by atoms with Crippen molar-refractivity contribution in [3.63, 3.8) is 0 Å². The van der Waals surface area contributed by atoms with Crippen molar-refractivity contribution in [3.05, 3.63) is 0 Å². The van der Waals surface area contributed by atoms with Gasteiger partial charge in [0, 0.05) is 0 Å². The molecular weight excluding hydrogens is 344 g/mol. The molecule has 5 nitrogen and oxygen atoms in total. The lowest BCUT2D eigenvalue weighted by atomic mass is 9.70. The van der Waals surface area contributed by atoms with E-state index in [9.17, 15) is 30.8 Å². The number of rotatable bonds is 3. The molecule has 0 aromatic rings. The fourth-order valence-corrected chi connectivity index (χ4v) is 4.08. The Morgan fingerprint density at radius 2 is 1.57 bits per heavy atom. The Balaban J connectivity index is 2.11. The van der Waals surface area contributed by atoms with E-state index < -0.39 is 33.4 Å². The van der Waals surface area contributed by atoms with Crippen molar-refractivity contribution in [2.75, 3.05) is 0 Å². The summed E-state index contributed by atoms with van der Waals surface area (Å²) in [6.07, 6.45) is -2.00. The Hall–Kier alpha value is -0.900. The predicted molar refractivity (Wildman–Crippen MR) is 70.6 cm³/mol. The lowest BCUT2D eigenvalue weighted by molar-refractivity contribution is -0.219. The van der Waals surface area contributed by atoms with Gasteiger partial charge < -0.3 is 4.74 Å². The van der Waals surface area contributed by atoms with Crippen molar-refractivity contribution in [3.8, 4) is 0 Å². The maximum Gasteiger partial charge on any atom is 0.451 e. The molecule has 0 bridgehead atoms. The van der Waals surface area contributed by atoms with Crippen molar-refractivity contribution in [2.24, 2.45) is 11.8 Å².